The van der Waals surface area contributed by atoms with E-state index in [4.69, 9.17) is 24.3 Å². The molecular formula is C27H34N6O10S2. The van der Waals surface area contributed by atoms with Crippen LogP contribution in [-0.2, 0) is 40.3 Å². The van der Waals surface area contributed by atoms with Gasteiger partial charge in [0.1, 0.15) is 29.2 Å². The number of carbonyl (C=O) groups is 3. The molecule has 2 aliphatic heterocycles. The lowest BCUT2D eigenvalue weighted by Crippen LogP contribution is -2.76. The number of thiazole rings is 1. The van der Waals surface area contributed by atoms with Crippen LogP contribution in [-0.4, -0.2) is 82.2 Å². The zero-order chi connectivity index (χ0) is 33.3. The third-order valence-electron chi connectivity index (χ3n) is 6.75. The molecule has 2 aliphatic rings. The molecule has 0 bridgehead atoms. The van der Waals surface area contributed by atoms with Gasteiger partial charge in [0.25, 0.3) is 11.8 Å². The van der Waals surface area contributed by atoms with Gasteiger partial charge in [0.05, 0.1) is 5.54 Å². The number of β-lactam (4-membered cyclic amide) rings is 1. The zero-order valence-corrected chi connectivity index (χ0v) is 26.9. The lowest BCUT2D eigenvalue weighted by Gasteiger charge is -2.50. The van der Waals surface area contributed by atoms with Crippen molar-refractivity contribution in [3.63, 3.8) is 0 Å². The molecule has 1 fully saturated rings. The predicted octanol–water partition coefficient (Wildman–Crippen LogP) is 2.83. The van der Waals surface area contributed by atoms with Crippen molar-refractivity contribution in [3.8, 4) is 5.75 Å². The molecule has 4 N–H and O–H groups in total. The first-order valence-corrected chi connectivity index (χ1v) is 15.9. The van der Waals surface area contributed by atoms with Crippen LogP contribution in [0.4, 0.5) is 9.93 Å². The van der Waals surface area contributed by atoms with Gasteiger partial charge in [0.2, 0.25) is 0 Å². The number of benzene rings is 1. The summed E-state index contributed by atoms with van der Waals surface area (Å²) in [5, 5.41) is 18.4. The fourth-order valence-electron chi connectivity index (χ4n) is 4.51. The van der Waals surface area contributed by atoms with Crippen LogP contribution >= 0.6 is 11.3 Å². The van der Waals surface area contributed by atoms with Crippen LogP contribution in [0, 0.1) is 5.41 Å². The number of anilines is 1. The highest BCUT2D eigenvalue weighted by atomic mass is 32.3. The van der Waals surface area contributed by atoms with Gasteiger partial charge in [-0.25, -0.2) is 9.78 Å². The minimum atomic E-state index is -5.00. The van der Waals surface area contributed by atoms with Crippen molar-refractivity contribution in [1.82, 2.24) is 15.4 Å². The van der Waals surface area contributed by atoms with E-state index in [0.29, 0.717) is 23.7 Å². The molecule has 4 rings (SSSR count). The number of fused-ring (bicyclic) bond motifs is 1. The average molecular weight is 667 g/mol. The Balaban J connectivity index is 1.54. The monoisotopic (exact) mass is 666 g/mol. The number of hydroxylamine groups is 2. The number of aromatic nitrogens is 1. The highest BCUT2D eigenvalue weighted by Crippen LogP contribution is 2.33. The molecule has 1 aromatic carbocycles. The van der Waals surface area contributed by atoms with Gasteiger partial charge in [-0.15, -0.1) is 15.6 Å². The summed E-state index contributed by atoms with van der Waals surface area (Å²) >= 11 is 0.983. The molecule has 0 aliphatic carbocycles. The molecule has 3 atom stereocenters. The van der Waals surface area contributed by atoms with Crippen LogP contribution in [0.2, 0.25) is 0 Å². The van der Waals surface area contributed by atoms with Crippen molar-refractivity contribution in [2.75, 3.05) is 5.32 Å². The lowest BCUT2D eigenvalue weighted by atomic mass is 9.84. The van der Waals surface area contributed by atoms with E-state index >= 15 is 0 Å². The van der Waals surface area contributed by atoms with Gasteiger partial charge in [-0.1, -0.05) is 5.16 Å². The Hall–Kier alpha value is -4.13. The molecule has 3 heterocycles. The number of nitrogens with one attached hydrogen (secondary N) is 3. The molecule has 18 heteroatoms. The van der Waals surface area contributed by atoms with Crippen molar-refractivity contribution < 1.29 is 45.9 Å². The van der Waals surface area contributed by atoms with Crippen molar-refractivity contribution in [1.29, 1.82) is 5.41 Å². The van der Waals surface area contributed by atoms with E-state index in [2.05, 4.69) is 25.1 Å². The van der Waals surface area contributed by atoms with Crippen LogP contribution in [0.15, 0.2) is 28.7 Å². The third-order valence-corrected chi connectivity index (χ3v) is 7.85. The Morgan fingerprint density at radius 1 is 1.33 bits per heavy atom. The molecule has 3 amide bonds. The maximum atomic E-state index is 13.5. The summed E-state index contributed by atoms with van der Waals surface area (Å²) in [7, 11) is -5.00. The Labute approximate surface area is 263 Å². The first kappa shape index (κ1) is 33.8. The fraction of sp³-hybridized carbons (Fsp3) is 0.481. The topological polar surface area (TPSA) is 219 Å². The summed E-state index contributed by atoms with van der Waals surface area (Å²) in [5.41, 5.74) is -0.783. The normalized spacial score (nSPS) is 20.2. The minimum absolute atomic E-state index is 0.000427. The molecule has 3 unspecified atom stereocenters. The number of aryl methyl sites for hydroxylation is 1. The maximum absolute atomic E-state index is 13.5. The molecule has 0 saturated carbocycles. The number of hydrogen-bond acceptors (Lipinski definition) is 13. The summed E-state index contributed by atoms with van der Waals surface area (Å²) in [6, 6.07) is 4.15. The van der Waals surface area contributed by atoms with Crippen LogP contribution < -0.4 is 15.4 Å². The van der Waals surface area contributed by atoms with Crippen molar-refractivity contribution in [2.24, 2.45) is 5.16 Å². The molecule has 16 nitrogen and oxygen atoms in total. The summed E-state index contributed by atoms with van der Waals surface area (Å²) in [4.78, 5) is 48.4. The van der Waals surface area contributed by atoms with Gasteiger partial charge in [-0.3, -0.25) is 19.5 Å². The van der Waals surface area contributed by atoms with Crippen molar-refractivity contribution in [2.45, 2.75) is 83.8 Å². The fourth-order valence-corrected chi connectivity index (χ4v) is 5.64. The molecule has 0 spiro atoms. The lowest BCUT2D eigenvalue weighted by molar-refractivity contribution is -0.218. The van der Waals surface area contributed by atoms with Crippen LogP contribution in [0.1, 0.15) is 64.8 Å². The minimum Gasteiger partial charge on any atom is -0.486 e. The summed E-state index contributed by atoms with van der Waals surface area (Å²) in [6.45, 7) is 9.62. The third kappa shape index (κ3) is 8.13. The average Bonchev–Trinajstić information content (AvgIpc) is 3.39. The van der Waals surface area contributed by atoms with E-state index in [-0.39, 0.29) is 16.5 Å². The van der Waals surface area contributed by atoms with E-state index in [1.165, 1.54) is 25.4 Å². The van der Waals surface area contributed by atoms with E-state index in [1.54, 1.807) is 39.8 Å². The molecular weight excluding hydrogens is 632 g/mol. The quantitative estimate of drug-likeness (QED) is 0.125. The van der Waals surface area contributed by atoms with Crippen molar-refractivity contribution >= 4 is 56.7 Å². The Kier molecular flexibility index (Phi) is 9.53. The second-order valence-corrected chi connectivity index (χ2v) is 13.7. The van der Waals surface area contributed by atoms with Gasteiger partial charge < -0.3 is 25.0 Å². The van der Waals surface area contributed by atoms with E-state index in [1.807, 2.05) is 6.07 Å². The molecule has 1 aromatic heterocycles. The smallest absolute Gasteiger partial charge is 0.418 e. The molecule has 2 aromatic rings. The highest BCUT2D eigenvalue weighted by molar-refractivity contribution is 7.80. The maximum Gasteiger partial charge on any atom is 0.418 e. The van der Waals surface area contributed by atoms with Crippen LogP contribution in [0.5, 0.6) is 5.75 Å². The standard InChI is InChI=1S/C27H34N6O10S2/c1-14(18-10-8-16-11-15(12-28)7-9-19(16)40-18)42-32-20(17-13-44-24(29-17)31-25(36)41-26(2,3)4)22(34)30-21-23(35)33(27(21,5)6)43-45(37,38)39/h7,9,11-14,18,21,28H,8,10H2,1-6H3,(H,30,34)(H,29,31,36)(H,37,38,39)/b28-12?,32-20-. The number of oxime groups is 1. The molecule has 0 radical (unpaired) electrons. The second kappa shape index (κ2) is 12.7. The number of hydrogen-bond donors (Lipinski definition) is 4. The van der Waals surface area contributed by atoms with Crippen LogP contribution in [0.25, 0.3) is 0 Å². The largest absolute Gasteiger partial charge is 0.486 e. The molecule has 244 valence electrons. The van der Waals surface area contributed by atoms with Gasteiger partial charge in [0.15, 0.2) is 16.9 Å². The van der Waals surface area contributed by atoms with Crippen LogP contribution in [0.3, 0.4) is 0 Å². The van der Waals surface area contributed by atoms with Gasteiger partial charge in [0, 0.05) is 11.6 Å². The predicted molar refractivity (Wildman–Crippen MR) is 162 cm³/mol. The number of rotatable bonds is 10. The van der Waals surface area contributed by atoms with E-state index in [9.17, 15) is 22.8 Å². The Morgan fingerprint density at radius 3 is 2.67 bits per heavy atom. The molecule has 45 heavy (non-hydrogen) atoms. The molecule has 1 saturated heterocycles. The Bertz CT molecular complexity index is 1630. The first-order valence-electron chi connectivity index (χ1n) is 13.7. The number of ether oxygens (including phenoxy) is 2. The summed E-state index contributed by atoms with van der Waals surface area (Å²) in [6.07, 6.45) is 0.639. The van der Waals surface area contributed by atoms with Gasteiger partial charge in [-0.05, 0) is 83.7 Å². The van der Waals surface area contributed by atoms with Gasteiger partial charge in [-0.2, -0.15) is 13.5 Å². The number of amides is 3. The number of nitrogens with zero attached hydrogens (tertiary/aromatic N) is 3. The van der Waals surface area contributed by atoms with Gasteiger partial charge >= 0.3 is 16.5 Å². The summed E-state index contributed by atoms with van der Waals surface area (Å²) in [5.74, 6) is -1.19. The summed E-state index contributed by atoms with van der Waals surface area (Å²) < 4.78 is 47.0. The number of carbonyl (C=O) groups excluding carboxylic acids is 3. The second-order valence-electron chi connectivity index (χ2n) is 11.8. The van der Waals surface area contributed by atoms with Crippen molar-refractivity contribution in [3.05, 3.63) is 40.4 Å². The van der Waals surface area contributed by atoms with E-state index in [0.717, 1.165) is 22.5 Å². The first-order chi connectivity index (χ1) is 20.9. The SMILES string of the molecule is CC(O/N=C(\C(=O)NC1C(=O)N(OS(=O)(=O)O)C1(C)C)c1csc(NC(=O)OC(C)(C)C)n1)C1CCc2cc(C=N)ccc2O1. The Morgan fingerprint density at radius 2 is 2.04 bits per heavy atom. The van der Waals surface area contributed by atoms with E-state index < -0.39 is 57.7 Å². The highest BCUT2D eigenvalue weighted by Gasteiger charge is 2.58. The zero-order valence-electron chi connectivity index (χ0n) is 25.3.